The first-order chi connectivity index (χ1) is 13.6. The predicted molar refractivity (Wildman–Crippen MR) is 106 cm³/mol. The number of ether oxygens (including phenoxy) is 4. The zero-order chi connectivity index (χ0) is 19.8. The summed E-state index contributed by atoms with van der Waals surface area (Å²) in [5.41, 5.74) is 1.82. The zero-order valence-corrected chi connectivity index (χ0v) is 16.8. The molecule has 0 saturated carbocycles. The summed E-state index contributed by atoms with van der Waals surface area (Å²) in [6, 6.07) is 9.53. The van der Waals surface area contributed by atoms with Crippen LogP contribution < -0.4 is 18.9 Å². The summed E-state index contributed by atoms with van der Waals surface area (Å²) in [6.45, 7) is 8.40. The zero-order valence-electron chi connectivity index (χ0n) is 16.8. The van der Waals surface area contributed by atoms with Crippen LogP contribution in [0.1, 0.15) is 37.8 Å². The minimum absolute atomic E-state index is 0.0704. The second-order valence-electron chi connectivity index (χ2n) is 7.21. The number of hydrogen-bond donors (Lipinski definition) is 1. The number of methoxy groups -OCH3 is 1. The smallest absolute Gasteiger partial charge is 0.231 e. The van der Waals surface area contributed by atoms with Gasteiger partial charge in [-0.05, 0) is 25.2 Å². The van der Waals surface area contributed by atoms with E-state index < -0.39 is 0 Å². The number of benzene rings is 2. The van der Waals surface area contributed by atoms with Crippen molar-refractivity contribution in [2.75, 3.05) is 27.0 Å². The fourth-order valence-corrected chi connectivity index (χ4v) is 4.37. The molecular formula is C22H27NO5. The number of phenols is 1. The molecular weight excluding hydrogens is 358 g/mol. The third-order valence-electron chi connectivity index (χ3n) is 5.82. The van der Waals surface area contributed by atoms with Gasteiger partial charge in [0.2, 0.25) is 6.79 Å². The maximum absolute atomic E-state index is 10.9. The van der Waals surface area contributed by atoms with Crippen LogP contribution in [-0.4, -0.2) is 43.2 Å². The van der Waals surface area contributed by atoms with Crippen molar-refractivity contribution >= 4 is 0 Å². The molecule has 0 radical (unpaired) electrons. The standard InChI is InChI=1S/C22H27NO5/c1-5-23(6-2)22-13(3)20(14-8-7-9-16(25-4)21(14)24)15-10-18-19(27-12-26-18)11-17(15)28-22/h7-11,13,20,22,24H,5-6,12H2,1-4H3/t13-,20-,22-/m1/s1. The van der Waals surface area contributed by atoms with Crippen LogP contribution in [0.15, 0.2) is 30.3 Å². The second kappa shape index (κ2) is 7.43. The van der Waals surface area contributed by atoms with Crippen LogP contribution in [0, 0.1) is 5.92 Å². The number of para-hydroxylation sites is 1. The van der Waals surface area contributed by atoms with Gasteiger partial charge in [0.15, 0.2) is 29.2 Å². The van der Waals surface area contributed by atoms with Crippen LogP contribution in [0.3, 0.4) is 0 Å². The number of fused-ring (bicyclic) bond motifs is 2. The summed E-state index contributed by atoms with van der Waals surface area (Å²) >= 11 is 0. The predicted octanol–water partition coefficient (Wildman–Crippen LogP) is 3.96. The Bertz CT molecular complexity index is 864. The number of rotatable bonds is 5. The molecule has 0 spiro atoms. The summed E-state index contributed by atoms with van der Waals surface area (Å²) < 4.78 is 22.9. The highest BCUT2D eigenvalue weighted by molar-refractivity contribution is 5.59. The molecule has 2 aromatic rings. The summed E-state index contributed by atoms with van der Waals surface area (Å²) in [7, 11) is 1.57. The van der Waals surface area contributed by atoms with Gasteiger partial charge in [0.1, 0.15) is 5.75 Å². The molecule has 28 heavy (non-hydrogen) atoms. The molecule has 0 saturated heterocycles. The lowest BCUT2D eigenvalue weighted by Gasteiger charge is -2.43. The molecule has 2 aliphatic heterocycles. The molecule has 4 rings (SSSR count). The molecule has 0 aliphatic carbocycles. The van der Waals surface area contributed by atoms with E-state index in [1.807, 2.05) is 24.3 Å². The minimum Gasteiger partial charge on any atom is -0.504 e. The largest absolute Gasteiger partial charge is 0.504 e. The van der Waals surface area contributed by atoms with Crippen molar-refractivity contribution in [3.8, 4) is 28.7 Å². The lowest BCUT2D eigenvalue weighted by atomic mass is 9.77. The lowest BCUT2D eigenvalue weighted by molar-refractivity contribution is -0.0259. The third-order valence-corrected chi connectivity index (χ3v) is 5.82. The lowest BCUT2D eigenvalue weighted by Crippen LogP contribution is -2.48. The quantitative estimate of drug-likeness (QED) is 0.841. The van der Waals surface area contributed by atoms with Gasteiger partial charge < -0.3 is 24.1 Å². The van der Waals surface area contributed by atoms with Gasteiger partial charge in [0.25, 0.3) is 0 Å². The van der Waals surface area contributed by atoms with E-state index in [1.165, 1.54) is 0 Å². The second-order valence-corrected chi connectivity index (χ2v) is 7.21. The Hall–Kier alpha value is -2.60. The number of hydrogen-bond acceptors (Lipinski definition) is 6. The van der Waals surface area contributed by atoms with E-state index in [0.29, 0.717) is 17.2 Å². The Morgan fingerprint density at radius 1 is 1.07 bits per heavy atom. The van der Waals surface area contributed by atoms with E-state index in [2.05, 4.69) is 25.7 Å². The van der Waals surface area contributed by atoms with Crippen LogP contribution in [0.4, 0.5) is 0 Å². The first-order valence-electron chi connectivity index (χ1n) is 9.79. The molecule has 3 atom stereocenters. The molecule has 2 aromatic carbocycles. The van der Waals surface area contributed by atoms with Crippen molar-refractivity contribution in [1.82, 2.24) is 4.90 Å². The first-order valence-corrected chi connectivity index (χ1v) is 9.79. The van der Waals surface area contributed by atoms with Crippen molar-refractivity contribution < 1.29 is 24.1 Å². The summed E-state index contributed by atoms with van der Waals surface area (Å²) in [5.74, 6) is 2.85. The van der Waals surface area contributed by atoms with Gasteiger partial charge in [0, 0.05) is 29.0 Å². The topological polar surface area (TPSA) is 60.4 Å². The van der Waals surface area contributed by atoms with Crippen LogP contribution >= 0.6 is 0 Å². The van der Waals surface area contributed by atoms with Crippen molar-refractivity contribution in [3.05, 3.63) is 41.5 Å². The molecule has 0 fully saturated rings. The fourth-order valence-electron chi connectivity index (χ4n) is 4.37. The van der Waals surface area contributed by atoms with E-state index in [9.17, 15) is 5.11 Å². The first kappa shape index (κ1) is 18.7. The Labute approximate surface area is 165 Å². The normalized spacial score (nSPS) is 22.7. The highest BCUT2D eigenvalue weighted by Crippen LogP contribution is 2.52. The van der Waals surface area contributed by atoms with Crippen molar-refractivity contribution in [3.63, 3.8) is 0 Å². The van der Waals surface area contributed by atoms with Gasteiger partial charge in [-0.25, -0.2) is 0 Å². The van der Waals surface area contributed by atoms with E-state index in [0.717, 1.165) is 30.0 Å². The van der Waals surface area contributed by atoms with Gasteiger partial charge in [-0.15, -0.1) is 0 Å². The highest BCUT2D eigenvalue weighted by Gasteiger charge is 2.41. The van der Waals surface area contributed by atoms with Crippen molar-refractivity contribution in [2.45, 2.75) is 32.9 Å². The molecule has 150 valence electrons. The Morgan fingerprint density at radius 3 is 2.46 bits per heavy atom. The Morgan fingerprint density at radius 2 is 1.79 bits per heavy atom. The molecule has 0 aromatic heterocycles. The molecule has 1 N–H and O–H groups in total. The van der Waals surface area contributed by atoms with E-state index >= 15 is 0 Å². The molecule has 0 amide bonds. The Kier molecular flexibility index (Phi) is 4.98. The average molecular weight is 385 g/mol. The monoisotopic (exact) mass is 385 g/mol. The number of phenolic OH excluding ortho intramolecular Hbond substituents is 1. The summed E-state index contributed by atoms with van der Waals surface area (Å²) in [6.07, 6.45) is -0.113. The summed E-state index contributed by atoms with van der Waals surface area (Å²) in [4.78, 5) is 2.29. The molecule has 6 nitrogen and oxygen atoms in total. The SMILES string of the molecule is CCN(CC)[C@@H]1Oc2cc3c(cc2[C@@H](c2cccc(OC)c2O)[C@H]1C)OCO3. The van der Waals surface area contributed by atoms with Gasteiger partial charge in [-0.2, -0.15) is 0 Å². The maximum atomic E-state index is 10.9. The van der Waals surface area contributed by atoms with Crippen molar-refractivity contribution in [1.29, 1.82) is 0 Å². The van der Waals surface area contributed by atoms with Crippen LogP contribution in [0.2, 0.25) is 0 Å². The highest BCUT2D eigenvalue weighted by atomic mass is 16.7. The Balaban J connectivity index is 1.88. The van der Waals surface area contributed by atoms with Crippen molar-refractivity contribution in [2.24, 2.45) is 5.92 Å². The van der Waals surface area contributed by atoms with Gasteiger partial charge in [-0.1, -0.05) is 32.9 Å². The molecule has 2 heterocycles. The van der Waals surface area contributed by atoms with E-state index in [4.69, 9.17) is 18.9 Å². The third kappa shape index (κ3) is 2.92. The molecule has 0 unspecified atom stereocenters. The molecule has 6 heteroatoms. The van der Waals surface area contributed by atoms with Gasteiger partial charge >= 0.3 is 0 Å². The summed E-state index contributed by atoms with van der Waals surface area (Å²) in [5, 5.41) is 10.9. The van der Waals surface area contributed by atoms with Crippen LogP contribution in [0.5, 0.6) is 28.7 Å². The van der Waals surface area contributed by atoms with Crippen LogP contribution in [-0.2, 0) is 0 Å². The van der Waals surface area contributed by atoms with E-state index in [-0.39, 0.29) is 30.6 Å². The van der Waals surface area contributed by atoms with E-state index in [1.54, 1.807) is 13.2 Å². The minimum atomic E-state index is -0.113. The van der Waals surface area contributed by atoms with Gasteiger partial charge in [0.05, 0.1) is 7.11 Å². The average Bonchev–Trinajstić information content (AvgIpc) is 3.16. The number of nitrogens with zero attached hydrogens (tertiary/aromatic N) is 1. The fraction of sp³-hybridized carbons (Fsp3) is 0.455. The van der Waals surface area contributed by atoms with Crippen LogP contribution in [0.25, 0.3) is 0 Å². The molecule has 0 bridgehead atoms. The molecule has 2 aliphatic rings. The van der Waals surface area contributed by atoms with Gasteiger partial charge in [-0.3, -0.25) is 4.90 Å². The number of aromatic hydroxyl groups is 1. The maximum Gasteiger partial charge on any atom is 0.231 e.